The number of phosphoric ester groups is 1. The summed E-state index contributed by atoms with van der Waals surface area (Å²) in [5.74, 6) is -0.179. The van der Waals surface area contributed by atoms with Crippen molar-refractivity contribution >= 4 is 13.7 Å². The molecule has 0 heterocycles. The third-order valence-electron chi connectivity index (χ3n) is 14.9. The Labute approximate surface area is 455 Å². The van der Waals surface area contributed by atoms with Gasteiger partial charge in [0.15, 0.2) is 0 Å². The third kappa shape index (κ3) is 58.5. The second-order valence-electron chi connectivity index (χ2n) is 23.5. The Morgan fingerprint density at radius 2 is 0.753 bits per heavy atom. The van der Waals surface area contributed by atoms with E-state index >= 15 is 0 Å². The normalized spacial score (nSPS) is 13.9. The molecule has 0 aromatic carbocycles. The molecule has 3 atom stereocenters. The van der Waals surface area contributed by atoms with Crippen molar-refractivity contribution in [2.24, 2.45) is 0 Å². The minimum Gasteiger partial charge on any atom is -0.387 e. The maximum Gasteiger partial charge on any atom is 0.472 e. The Hall–Kier alpha value is -1.02. The second-order valence-corrected chi connectivity index (χ2v) is 24.9. The maximum atomic E-state index is 13.0. The van der Waals surface area contributed by atoms with Crippen LogP contribution in [0.25, 0.3) is 0 Å². The van der Waals surface area contributed by atoms with E-state index in [0.717, 1.165) is 38.5 Å². The van der Waals surface area contributed by atoms with Gasteiger partial charge in [-0.3, -0.25) is 13.8 Å². The van der Waals surface area contributed by atoms with Crippen LogP contribution < -0.4 is 5.32 Å². The number of nitrogens with zero attached hydrogens (tertiary/aromatic N) is 1. The number of rotatable bonds is 60. The number of quaternary nitrogens is 1. The number of carbonyl (C=O) groups is 1. The lowest BCUT2D eigenvalue weighted by Crippen LogP contribution is -2.45. The number of carbonyl (C=O) groups excluding carboxylic acids is 1. The first-order valence-electron chi connectivity index (χ1n) is 32.2. The van der Waals surface area contributed by atoms with Gasteiger partial charge in [-0.05, 0) is 32.1 Å². The lowest BCUT2D eigenvalue weighted by atomic mass is 10.0. The Morgan fingerprint density at radius 3 is 1.10 bits per heavy atom. The Bertz CT molecular complexity index is 1240. The molecule has 0 aromatic heterocycles. The zero-order valence-electron chi connectivity index (χ0n) is 49.7. The van der Waals surface area contributed by atoms with Gasteiger partial charge in [0.25, 0.3) is 0 Å². The van der Waals surface area contributed by atoms with Crippen molar-refractivity contribution in [1.82, 2.24) is 5.32 Å². The molecule has 0 saturated heterocycles. The molecule has 0 spiro atoms. The highest BCUT2D eigenvalue weighted by Gasteiger charge is 2.27. The van der Waals surface area contributed by atoms with Crippen LogP contribution in [0.3, 0.4) is 0 Å². The quantitative estimate of drug-likeness (QED) is 0.0243. The molecule has 3 N–H and O–H groups in total. The number of allylic oxidation sites excluding steroid dienone is 3. The highest BCUT2D eigenvalue weighted by Crippen LogP contribution is 2.43. The summed E-state index contributed by atoms with van der Waals surface area (Å²) in [7, 11) is 1.57. The van der Waals surface area contributed by atoms with Crippen molar-refractivity contribution in [3.8, 4) is 0 Å². The summed E-state index contributed by atoms with van der Waals surface area (Å²) in [5.41, 5.74) is 0. The molecule has 0 fully saturated rings. The highest BCUT2D eigenvalue weighted by molar-refractivity contribution is 7.47. The first-order valence-corrected chi connectivity index (χ1v) is 33.7. The molecule has 0 aromatic rings. The summed E-state index contributed by atoms with van der Waals surface area (Å²) >= 11 is 0. The van der Waals surface area contributed by atoms with E-state index in [2.05, 4.69) is 31.3 Å². The van der Waals surface area contributed by atoms with Crippen LogP contribution in [-0.2, 0) is 18.4 Å². The van der Waals surface area contributed by atoms with E-state index in [4.69, 9.17) is 9.05 Å². The molecule has 434 valence electrons. The molecule has 3 unspecified atom stereocenters. The summed E-state index contributed by atoms with van der Waals surface area (Å²) in [4.78, 5) is 23.3. The van der Waals surface area contributed by atoms with Crippen molar-refractivity contribution < 1.29 is 32.9 Å². The smallest absolute Gasteiger partial charge is 0.387 e. The summed E-state index contributed by atoms with van der Waals surface area (Å²) in [6, 6.07) is -0.861. The van der Waals surface area contributed by atoms with Gasteiger partial charge in [-0.2, -0.15) is 0 Å². The predicted molar refractivity (Wildman–Crippen MR) is 318 cm³/mol. The van der Waals surface area contributed by atoms with Gasteiger partial charge in [0.05, 0.1) is 39.9 Å². The second kappa shape index (κ2) is 55.7. The van der Waals surface area contributed by atoms with Gasteiger partial charge < -0.3 is 19.8 Å². The number of likely N-dealkylation sites (N-methyl/N-ethyl adjacent to an activating group) is 1. The standard InChI is InChI=1S/C64H127N2O6P/c1-6-8-10-12-14-16-18-20-22-24-26-28-29-30-31-32-33-34-35-36-38-39-41-43-45-47-49-51-53-55-57-63(67)62(61-72-73(69,70)71-60-59-66(3,4)5)65-64(68)58-56-54-52-50-48-46-44-42-40-37-27-25-23-21-19-17-15-13-11-9-7-2/h47,49,55,57,62-63,67H,6-46,48,50-54,56,58-61H2,1-5H3,(H-,65,68,69,70)/p+1/b49-47+,57-55+. The summed E-state index contributed by atoms with van der Waals surface area (Å²) in [5, 5.41) is 14.0. The topological polar surface area (TPSA) is 105 Å². The first-order chi connectivity index (χ1) is 35.5. The number of phosphoric acid groups is 1. The number of unbranched alkanes of at least 4 members (excludes halogenated alkanes) is 45. The summed E-state index contributed by atoms with van der Waals surface area (Å²) in [6.07, 6.45) is 71.7. The minimum absolute atomic E-state index is 0.0590. The van der Waals surface area contributed by atoms with Gasteiger partial charge in [0.1, 0.15) is 13.2 Å². The molecular formula is C64H128N2O6P+. The van der Waals surface area contributed by atoms with Crippen molar-refractivity contribution in [3.05, 3.63) is 24.3 Å². The van der Waals surface area contributed by atoms with Crippen LogP contribution in [0.5, 0.6) is 0 Å². The lowest BCUT2D eigenvalue weighted by Gasteiger charge is -2.25. The fourth-order valence-corrected chi connectivity index (χ4v) is 10.6. The van der Waals surface area contributed by atoms with Crippen molar-refractivity contribution in [2.45, 2.75) is 341 Å². The van der Waals surface area contributed by atoms with Crippen LogP contribution in [0.1, 0.15) is 328 Å². The summed E-state index contributed by atoms with van der Waals surface area (Å²) in [6.45, 7) is 4.85. The molecule has 0 radical (unpaired) electrons. The number of nitrogens with one attached hydrogen (secondary N) is 1. The molecular weight excluding hydrogens is 924 g/mol. The molecule has 73 heavy (non-hydrogen) atoms. The average molecular weight is 1050 g/mol. The predicted octanol–water partition coefficient (Wildman–Crippen LogP) is 19.9. The maximum absolute atomic E-state index is 13.0. The molecule has 0 aliphatic rings. The SMILES string of the molecule is CCCCCCCCCCCCCCCCCCCCCCCCCC/C=C/CC/C=C/C(O)C(COP(=O)(O)OCC[N+](C)(C)C)NC(=O)CCCCCCCCCCCCCCCCCCCCCCC. The molecule has 0 rings (SSSR count). The van der Waals surface area contributed by atoms with E-state index in [-0.39, 0.29) is 19.1 Å². The van der Waals surface area contributed by atoms with E-state index in [1.165, 1.54) is 270 Å². The number of amides is 1. The van der Waals surface area contributed by atoms with Gasteiger partial charge >= 0.3 is 7.82 Å². The zero-order chi connectivity index (χ0) is 53.5. The molecule has 0 saturated carbocycles. The molecule has 1 amide bonds. The van der Waals surface area contributed by atoms with E-state index in [9.17, 15) is 19.4 Å². The van der Waals surface area contributed by atoms with Gasteiger partial charge in [-0.1, -0.05) is 314 Å². The molecule has 0 bridgehead atoms. The largest absolute Gasteiger partial charge is 0.472 e. The Morgan fingerprint density at radius 1 is 0.452 bits per heavy atom. The fraction of sp³-hybridized carbons (Fsp3) is 0.922. The van der Waals surface area contributed by atoms with Crippen molar-refractivity contribution in [3.63, 3.8) is 0 Å². The van der Waals surface area contributed by atoms with Crippen LogP contribution in [0.2, 0.25) is 0 Å². The van der Waals surface area contributed by atoms with Crippen molar-refractivity contribution in [1.29, 1.82) is 0 Å². The minimum atomic E-state index is -4.36. The van der Waals surface area contributed by atoms with Crippen LogP contribution >= 0.6 is 7.82 Å². The van der Waals surface area contributed by atoms with Gasteiger partial charge in [-0.25, -0.2) is 4.57 Å². The molecule has 0 aliphatic carbocycles. The van der Waals surface area contributed by atoms with Crippen molar-refractivity contribution in [2.75, 3.05) is 40.9 Å². The average Bonchev–Trinajstić information content (AvgIpc) is 3.35. The Kier molecular flexibility index (Phi) is 54.9. The van der Waals surface area contributed by atoms with E-state index in [1.807, 2.05) is 27.2 Å². The molecule has 8 nitrogen and oxygen atoms in total. The fourth-order valence-electron chi connectivity index (χ4n) is 9.89. The van der Waals surface area contributed by atoms with Crippen LogP contribution in [0.4, 0.5) is 0 Å². The molecule has 0 aliphatic heterocycles. The van der Waals surface area contributed by atoms with Crippen LogP contribution in [-0.4, -0.2) is 73.4 Å². The molecule has 9 heteroatoms. The monoisotopic (exact) mass is 1050 g/mol. The summed E-state index contributed by atoms with van der Waals surface area (Å²) < 4.78 is 23.8. The van der Waals surface area contributed by atoms with E-state index in [1.54, 1.807) is 6.08 Å². The third-order valence-corrected chi connectivity index (χ3v) is 15.9. The Balaban J connectivity index is 4.13. The highest BCUT2D eigenvalue weighted by atomic mass is 31.2. The number of aliphatic hydroxyl groups excluding tert-OH is 1. The van der Waals surface area contributed by atoms with Crippen LogP contribution in [0, 0.1) is 0 Å². The number of hydrogen-bond donors (Lipinski definition) is 3. The lowest BCUT2D eigenvalue weighted by molar-refractivity contribution is -0.870. The number of hydrogen-bond acceptors (Lipinski definition) is 5. The van der Waals surface area contributed by atoms with Gasteiger partial charge in [-0.15, -0.1) is 0 Å². The zero-order valence-corrected chi connectivity index (χ0v) is 50.5. The van der Waals surface area contributed by atoms with Gasteiger partial charge in [0.2, 0.25) is 5.91 Å². The van der Waals surface area contributed by atoms with Crippen LogP contribution in [0.15, 0.2) is 24.3 Å². The van der Waals surface area contributed by atoms with E-state index < -0.39 is 20.0 Å². The number of aliphatic hydroxyl groups is 1. The van der Waals surface area contributed by atoms with E-state index in [0.29, 0.717) is 17.4 Å². The first kappa shape index (κ1) is 72.0. The van der Waals surface area contributed by atoms with Gasteiger partial charge in [0, 0.05) is 6.42 Å².